The highest BCUT2D eigenvalue weighted by Crippen LogP contribution is 2.18. The van der Waals surface area contributed by atoms with Gasteiger partial charge < -0.3 is 15.7 Å². The zero-order valence-corrected chi connectivity index (χ0v) is 12.3. The van der Waals surface area contributed by atoms with Crippen LogP contribution in [0.2, 0.25) is 0 Å². The lowest BCUT2D eigenvalue weighted by molar-refractivity contribution is 0.120. The molecule has 0 radical (unpaired) electrons. The van der Waals surface area contributed by atoms with Crippen LogP contribution in [-0.4, -0.2) is 49.1 Å². The predicted molar refractivity (Wildman–Crippen MR) is 71.4 cm³/mol. The zero-order chi connectivity index (χ0) is 15.3. The van der Waals surface area contributed by atoms with Crippen molar-refractivity contribution in [3.05, 3.63) is 0 Å². The van der Waals surface area contributed by atoms with Gasteiger partial charge in [-0.05, 0) is 26.7 Å². The summed E-state index contributed by atoms with van der Waals surface area (Å²) < 4.78 is 31.7. The second-order valence-corrected chi connectivity index (χ2v) is 6.45. The third kappa shape index (κ3) is 4.53. The van der Waals surface area contributed by atoms with Crippen molar-refractivity contribution < 1.29 is 23.2 Å². The highest BCUT2D eigenvalue weighted by atomic mass is 32.2. The molecule has 116 valence electrons. The number of carbonyl (C=O) groups excluding carboxylic acids is 1. The number of oxime groups is 1. The Labute approximate surface area is 117 Å². The molecule has 0 aromatic rings. The molecule has 0 bridgehead atoms. The first-order valence-electron chi connectivity index (χ1n) is 6.22. The van der Waals surface area contributed by atoms with Crippen molar-refractivity contribution in [1.29, 1.82) is 0 Å². The molecule has 9 nitrogen and oxygen atoms in total. The molecule has 20 heavy (non-hydrogen) atoms. The van der Waals surface area contributed by atoms with Crippen molar-refractivity contribution in [3.8, 4) is 0 Å². The molecular weight excluding hydrogens is 288 g/mol. The van der Waals surface area contributed by atoms with Crippen LogP contribution in [-0.2, 0) is 14.9 Å². The number of hydrogen-bond donors (Lipinski definition) is 3. The van der Waals surface area contributed by atoms with E-state index in [1.165, 1.54) is 0 Å². The number of amides is 1. The van der Waals surface area contributed by atoms with Crippen LogP contribution in [0.1, 0.15) is 26.7 Å². The molecule has 1 unspecified atom stereocenters. The smallest absolute Gasteiger partial charge is 0.422 e. The van der Waals surface area contributed by atoms with E-state index in [0.29, 0.717) is 12.8 Å². The molecule has 0 aromatic carbocycles. The van der Waals surface area contributed by atoms with Crippen molar-refractivity contribution in [2.24, 2.45) is 16.8 Å². The first-order chi connectivity index (χ1) is 9.26. The quantitative estimate of drug-likeness (QED) is 0.285. The molecule has 1 aliphatic rings. The van der Waals surface area contributed by atoms with E-state index in [1.807, 2.05) is 4.72 Å². The van der Waals surface area contributed by atoms with Gasteiger partial charge in [-0.1, -0.05) is 5.16 Å². The summed E-state index contributed by atoms with van der Waals surface area (Å²) in [6.07, 6.45) is -0.262. The van der Waals surface area contributed by atoms with E-state index in [9.17, 15) is 13.2 Å². The lowest BCUT2D eigenvalue weighted by atomic mass is 9.99. The van der Waals surface area contributed by atoms with E-state index in [1.54, 1.807) is 13.8 Å². The van der Waals surface area contributed by atoms with Crippen LogP contribution >= 0.6 is 0 Å². The number of amidine groups is 1. The Morgan fingerprint density at radius 2 is 2.20 bits per heavy atom. The Morgan fingerprint density at radius 3 is 2.75 bits per heavy atom. The van der Waals surface area contributed by atoms with E-state index < -0.39 is 22.4 Å². The van der Waals surface area contributed by atoms with Crippen LogP contribution < -0.4 is 10.5 Å². The monoisotopic (exact) mass is 308 g/mol. The van der Waals surface area contributed by atoms with Crippen LogP contribution in [0.15, 0.2) is 5.16 Å². The minimum atomic E-state index is -3.99. The summed E-state index contributed by atoms with van der Waals surface area (Å²) in [5, 5.41) is 11.5. The van der Waals surface area contributed by atoms with E-state index >= 15 is 0 Å². The number of rotatable bonds is 4. The van der Waals surface area contributed by atoms with Crippen LogP contribution in [0, 0.1) is 5.92 Å². The fourth-order valence-corrected chi connectivity index (χ4v) is 3.03. The lowest BCUT2D eigenvalue weighted by Crippen LogP contribution is -2.50. The first-order valence-corrected chi connectivity index (χ1v) is 7.66. The van der Waals surface area contributed by atoms with Gasteiger partial charge in [-0.3, -0.25) is 0 Å². The molecule has 1 atom stereocenters. The van der Waals surface area contributed by atoms with Gasteiger partial charge in [0.25, 0.3) is 0 Å². The molecule has 1 fully saturated rings. The largest absolute Gasteiger partial charge is 0.446 e. The lowest BCUT2D eigenvalue weighted by Gasteiger charge is -2.30. The van der Waals surface area contributed by atoms with Crippen LogP contribution in [0.25, 0.3) is 0 Å². The van der Waals surface area contributed by atoms with Gasteiger partial charge in [-0.2, -0.15) is 12.7 Å². The summed E-state index contributed by atoms with van der Waals surface area (Å²) in [7, 11) is -3.99. The van der Waals surface area contributed by atoms with Crippen molar-refractivity contribution >= 4 is 22.1 Å². The van der Waals surface area contributed by atoms with Gasteiger partial charge in [0.15, 0.2) is 0 Å². The predicted octanol–water partition coefficient (Wildman–Crippen LogP) is -0.176. The van der Waals surface area contributed by atoms with E-state index in [2.05, 4.69) is 5.16 Å². The Morgan fingerprint density at radius 1 is 1.55 bits per heavy atom. The summed E-state index contributed by atoms with van der Waals surface area (Å²) in [5.74, 6) is -0.388. The molecular formula is C10H20N4O5S. The fraction of sp³-hybridized carbons (Fsp3) is 0.800. The van der Waals surface area contributed by atoms with Gasteiger partial charge in [0, 0.05) is 19.0 Å². The molecule has 10 heteroatoms. The second-order valence-electron chi connectivity index (χ2n) is 4.78. The molecule has 0 aromatic heterocycles. The van der Waals surface area contributed by atoms with Gasteiger partial charge in [-0.15, -0.1) is 0 Å². The first kappa shape index (κ1) is 16.5. The zero-order valence-electron chi connectivity index (χ0n) is 11.4. The summed E-state index contributed by atoms with van der Waals surface area (Å²) in [6, 6.07) is 0. The van der Waals surface area contributed by atoms with Crippen LogP contribution in [0.3, 0.4) is 0 Å². The third-order valence-corrected chi connectivity index (χ3v) is 4.25. The Kier molecular flexibility index (Phi) is 5.57. The Balaban J connectivity index is 2.70. The molecule has 1 saturated heterocycles. The number of carbonyl (C=O) groups is 1. The number of ether oxygens (including phenoxy) is 1. The summed E-state index contributed by atoms with van der Waals surface area (Å²) in [4.78, 5) is 11.4. The maximum atomic E-state index is 12.0. The minimum absolute atomic E-state index is 0.0188. The summed E-state index contributed by atoms with van der Waals surface area (Å²) >= 11 is 0. The highest BCUT2D eigenvalue weighted by molar-refractivity contribution is 7.87. The summed E-state index contributed by atoms with van der Waals surface area (Å²) in [5.41, 5.74) is 5.49. The Hall–Kier alpha value is -1.55. The van der Waals surface area contributed by atoms with Crippen LogP contribution in [0.5, 0.6) is 0 Å². The van der Waals surface area contributed by atoms with Crippen molar-refractivity contribution in [2.45, 2.75) is 32.8 Å². The van der Waals surface area contributed by atoms with Gasteiger partial charge in [0.05, 0.1) is 6.10 Å². The second kappa shape index (κ2) is 6.75. The molecule has 0 saturated carbocycles. The summed E-state index contributed by atoms with van der Waals surface area (Å²) in [6.45, 7) is 3.54. The molecule has 1 aliphatic heterocycles. The number of hydrogen-bond acceptors (Lipinski definition) is 6. The van der Waals surface area contributed by atoms with E-state index in [-0.39, 0.29) is 24.8 Å². The van der Waals surface area contributed by atoms with E-state index in [4.69, 9.17) is 15.7 Å². The fourth-order valence-electron chi connectivity index (χ4n) is 1.89. The van der Waals surface area contributed by atoms with Gasteiger partial charge in [0.2, 0.25) is 0 Å². The van der Waals surface area contributed by atoms with Crippen molar-refractivity contribution in [3.63, 3.8) is 0 Å². The topological polar surface area (TPSA) is 134 Å². The molecule has 1 rings (SSSR count). The van der Waals surface area contributed by atoms with Crippen molar-refractivity contribution in [2.75, 3.05) is 13.1 Å². The standard InChI is InChI=1S/C10H20N4O5S/c1-7(2)19-10(15)13-20(17,18)14-5-3-4-8(6-14)9(11)12-16/h7-8,16H,3-6H2,1-2H3,(H2,11,12)(H,13,15). The van der Waals surface area contributed by atoms with Crippen LogP contribution in [0.4, 0.5) is 4.79 Å². The highest BCUT2D eigenvalue weighted by Gasteiger charge is 2.32. The SMILES string of the molecule is CC(C)OC(=O)NS(=O)(=O)N1CCCC(C(N)=NO)C1. The number of nitrogens with one attached hydrogen (secondary N) is 1. The van der Waals surface area contributed by atoms with Gasteiger partial charge in [-0.25, -0.2) is 9.52 Å². The van der Waals surface area contributed by atoms with E-state index in [0.717, 1.165) is 4.31 Å². The average Bonchev–Trinajstić information content (AvgIpc) is 2.36. The number of nitrogens with zero attached hydrogens (tertiary/aromatic N) is 2. The molecule has 4 N–H and O–H groups in total. The maximum absolute atomic E-state index is 12.0. The molecule has 1 heterocycles. The Bertz CT molecular complexity index is 476. The third-order valence-electron chi connectivity index (χ3n) is 2.81. The van der Waals surface area contributed by atoms with Gasteiger partial charge in [0.1, 0.15) is 5.84 Å². The average molecular weight is 308 g/mol. The maximum Gasteiger partial charge on any atom is 0.422 e. The molecule has 0 spiro atoms. The van der Waals surface area contributed by atoms with Crippen molar-refractivity contribution in [1.82, 2.24) is 9.03 Å². The molecule has 1 amide bonds. The minimum Gasteiger partial charge on any atom is -0.446 e. The number of piperidine rings is 1. The molecule has 0 aliphatic carbocycles. The van der Waals surface area contributed by atoms with Gasteiger partial charge >= 0.3 is 16.3 Å². The number of nitrogens with two attached hydrogens (primary N) is 1. The normalized spacial score (nSPS) is 21.8.